The number of halogens is 1. The van der Waals surface area contributed by atoms with E-state index in [2.05, 4.69) is 14.9 Å². The largest absolute Gasteiger partial charge is 0.385 e. The predicted octanol–water partition coefficient (Wildman–Crippen LogP) is 3.36. The molecule has 1 amide bonds. The molecule has 0 aliphatic rings. The highest BCUT2D eigenvalue weighted by atomic mass is 32.2. The fourth-order valence-electron chi connectivity index (χ4n) is 2.99. The van der Waals surface area contributed by atoms with Crippen molar-refractivity contribution in [2.75, 3.05) is 6.26 Å². The number of carbonyl (C=O) groups is 1. The van der Waals surface area contributed by atoms with Crippen LogP contribution in [0.5, 0.6) is 0 Å². The molecule has 0 spiro atoms. The average molecular weight is 482 g/mol. The van der Waals surface area contributed by atoms with Crippen LogP contribution in [0.4, 0.5) is 4.39 Å². The number of aliphatic hydroxyl groups is 1. The molecule has 2 aromatic rings. The molecule has 174 valence electrons. The van der Waals surface area contributed by atoms with Gasteiger partial charge in [-0.2, -0.15) is 5.26 Å². The van der Waals surface area contributed by atoms with Crippen molar-refractivity contribution in [1.82, 2.24) is 0 Å². The fraction of sp³-hybridized carbons (Fsp3) is 0.500. The Morgan fingerprint density at radius 1 is 1.41 bits per heavy atom. The molecular weight excluding hydrogens is 451 g/mol. The Labute approximate surface area is 193 Å². The maximum absolute atomic E-state index is 14.6. The number of amides is 1. The van der Waals surface area contributed by atoms with Crippen molar-refractivity contribution in [2.45, 2.75) is 65.4 Å². The Kier molecular flexibility index (Phi) is 9.49. The van der Waals surface area contributed by atoms with E-state index in [1.54, 1.807) is 33.9 Å². The van der Waals surface area contributed by atoms with Crippen molar-refractivity contribution in [3.63, 3.8) is 0 Å². The van der Waals surface area contributed by atoms with Gasteiger partial charge in [0.1, 0.15) is 32.3 Å². The summed E-state index contributed by atoms with van der Waals surface area (Å²) in [4.78, 5) is 16.6. The van der Waals surface area contributed by atoms with Crippen molar-refractivity contribution in [3.8, 4) is 6.07 Å². The SMILES string of the molecule is CC(C)(O)c1c[n+]#cs1.CC(C)c1cc(C#N)c(F)c(C(C)C)c1CC(=O)N=S(C)(N)=O. The van der Waals surface area contributed by atoms with Crippen LogP contribution in [0, 0.1) is 22.7 Å². The van der Waals surface area contributed by atoms with Gasteiger partial charge in [-0.15, -0.1) is 4.36 Å². The van der Waals surface area contributed by atoms with Gasteiger partial charge < -0.3 is 5.11 Å². The molecule has 32 heavy (non-hydrogen) atoms. The molecule has 0 bridgehead atoms. The molecule has 10 heteroatoms. The van der Waals surface area contributed by atoms with E-state index in [4.69, 9.17) is 10.4 Å². The van der Waals surface area contributed by atoms with Gasteiger partial charge >= 0.3 is 11.7 Å². The first-order valence-corrected chi connectivity index (χ1v) is 12.7. The summed E-state index contributed by atoms with van der Waals surface area (Å²) in [6, 6.07) is 3.33. The second kappa shape index (κ2) is 11.0. The van der Waals surface area contributed by atoms with Crippen LogP contribution in [0.15, 0.2) is 16.6 Å². The van der Waals surface area contributed by atoms with E-state index < -0.39 is 27.2 Å². The zero-order valence-electron chi connectivity index (χ0n) is 19.4. The quantitative estimate of drug-likeness (QED) is 0.676. The van der Waals surface area contributed by atoms with Crippen LogP contribution in [0.1, 0.15) is 80.5 Å². The van der Waals surface area contributed by atoms with Crippen molar-refractivity contribution in [3.05, 3.63) is 50.7 Å². The van der Waals surface area contributed by atoms with Crippen LogP contribution in [-0.4, -0.2) is 21.5 Å². The van der Waals surface area contributed by atoms with E-state index in [0.29, 0.717) is 11.1 Å². The first kappa shape index (κ1) is 27.7. The molecule has 0 fully saturated rings. The van der Waals surface area contributed by atoms with E-state index in [9.17, 15) is 18.5 Å². The molecule has 0 aliphatic heterocycles. The summed E-state index contributed by atoms with van der Waals surface area (Å²) in [7, 11) is -3.05. The summed E-state index contributed by atoms with van der Waals surface area (Å²) >= 11 is 1.34. The number of nitrogens with two attached hydrogens (primary N) is 1. The summed E-state index contributed by atoms with van der Waals surface area (Å²) < 4.78 is 29.5. The normalized spacial score (nSPS) is 13.0. The lowest BCUT2D eigenvalue weighted by Crippen LogP contribution is -2.16. The van der Waals surface area contributed by atoms with Gasteiger partial charge in [0, 0.05) is 6.26 Å². The van der Waals surface area contributed by atoms with Crippen LogP contribution < -0.4 is 10.1 Å². The van der Waals surface area contributed by atoms with Crippen molar-refractivity contribution >= 4 is 27.2 Å². The molecule has 1 heterocycles. The molecule has 0 radical (unpaired) electrons. The van der Waals surface area contributed by atoms with Crippen molar-refractivity contribution in [2.24, 2.45) is 9.50 Å². The third-order valence-corrected chi connectivity index (χ3v) is 5.96. The summed E-state index contributed by atoms with van der Waals surface area (Å²) in [5.41, 5.74) is 3.43. The van der Waals surface area contributed by atoms with Gasteiger partial charge in [-0.25, -0.2) is 13.7 Å². The molecule has 2 rings (SSSR count). The third kappa shape index (κ3) is 7.95. The lowest BCUT2D eigenvalue weighted by molar-refractivity contribution is -0.290. The summed E-state index contributed by atoms with van der Waals surface area (Å²) in [6.45, 7) is 10.8. The lowest BCUT2D eigenvalue weighted by atomic mass is 9.85. The van der Waals surface area contributed by atoms with Gasteiger partial charge in [-0.1, -0.05) is 27.7 Å². The Hall–Kier alpha value is -2.37. The number of carbonyl (C=O) groups excluding carboxylic acids is 1. The van der Waals surface area contributed by atoms with Crippen LogP contribution in [-0.2, 0) is 26.7 Å². The molecular formula is C22H30FN4O3S2+. The monoisotopic (exact) mass is 481 g/mol. The Morgan fingerprint density at radius 3 is 2.34 bits per heavy atom. The molecule has 7 nitrogen and oxygen atoms in total. The average Bonchev–Trinajstić information content (AvgIpc) is 3.15. The Bertz CT molecular complexity index is 1100. The number of aromatic nitrogens is 1. The summed E-state index contributed by atoms with van der Waals surface area (Å²) in [5, 5.41) is 23.7. The van der Waals surface area contributed by atoms with E-state index >= 15 is 0 Å². The lowest BCUT2D eigenvalue weighted by Gasteiger charge is -2.20. The minimum Gasteiger partial charge on any atom is -0.385 e. The van der Waals surface area contributed by atoms with Crippen molar-refractivity contribution < 1.29 is 23.5 Å². The van der Waals surface area contributed by atoms with Crippen LogP contribution in [0.2, 0.25) is 0 Å². The number of hydrogen-bond acceptors (Lipinski definition) is 5. The molecule has 1 aromatic heterocycles. The Morgan fingerprint density at radius 2 is 2.00 bits per heavy atom. The molecule has 3 N–H and O–H groups in total. The zero-order chi connectivity index (χ0) is 24.9. The van der Waals surface area contributed by atoms with Crippen LogP contribution in [0.3, 0.4) is 0 Å². The number of rotatable bonds is 5. The smallest absolute Gasteiger partial charge is 0.382 e. The first-order valence-electron chi connectivity index (χ1n) is 9.91. The van der Waals surface area contributed by atoms with Crippen molar-refractivity contribution in [1.29, 1.82) is 5.26 Å². The zero-order valence-corrected chi connectivity index (χ0v) is 21.0. The summed E-state index contributed by atoms with van der Waals surface area (Å²) in [6.07, 6.45) is 2.60. The minimum absolute atomic E-state index is 0.00754. The topological polar surface area (TPSA) is 131 Å². The van der Waals surface area contributed by atoms with E-state index in [0.717, 1.165) is 16.7 Å². The first-order chi connectivity index (χ1) is 14.6. The molecule has 1 unspecified atom stereocenters. The van der Waals surface area contributed by atoms with E-state index in [1.165, 1.54) is 17.4 Å². The molecule has 0 saturated carbocycles. The highest BCUT2D eigenvalue weighted by Crippen LogP contribution is 2.33. The number of nitrogens with zero attached hydrogens (tertiary/aromatic N) is 3. The Balaban J connectivity index is 0.000000471. The van der Waals surface area contributed by atoms with E-state index in [-0.39, 0.29) is 23.8 Å². The maximum atomic E-state index is 14.6. The van der Waals surface area contributed by atoms with Gasteiger partial charge in [0.05, 0.1) is 12.0 Å². The highest BCUT2D eigenvalue weighted by molar-refractivity contribution is 7.91. The molecule has 1 atom stereocenters. The molecule has 0 aliphatic carbocycles. The van der Waals surface area contributed by atoms with Crippen LogP contribution in [0.25, 0.3) is 0 Å². The van der Waals surface area contributed by atoms with Gasteiger partial charge in [-0.05, 0) is 64.8 Å². The van der Waals surface area contributed by atoms with Gasteiger partial charge in [-0.3, -0.25) is 4.79 Å². The summed E-state index contributed by atoms with van der Waals surface area (Å²) in [5.74, 6) is -1.49. The third-order valence-electron chi connectivity index (χ3n) is 4.37. The fourth-order valence-corrected chi connectivity index (χ4v) is 4.02. The highest BCUT2D eigenvalue weighted by Gasteiger charge is 2.24. The van der Waals surface area contributed by atoms with Gasteiger partial charge in [0.2, 0.25) is 0 Å². The number of benzene rings is 1. The predicted molar refractivity (Wildman–Crippen MR) is 123 cm³/mol. The second-order valence-electron chi connectivity index (χ2n) is 8.54. The second-order valence-corrected chi connectivity index (χ2v) is 11.3. The number of nitriles is 1. The molecule has 0 saturated heterocycles. The number of hydrogen-bond donors (Lipinski definition) is 2. The van der Waals surface area contributed by atoms with Gasteiger partial charge in [0.25, 0.3) is 5.91 Å². The molecule has 1 aromatic carbocycles. The standard InChI is InChI=1S/C16H22FN3O2S.C6H8NOS/c1-9(2)12-6-11(8-18)16(17)15(10(3)4)13(12)7-14(21)20-23(5,19)22;1-6(2,8)5-3-7-4-9-5/h6,9-10H,7H2,1-5H3,(H2,19,20,21,22);3,8H,1-2H3/q;+1. The van der Waals surface area contributed by atoms with Gasteiger partial charge in [0.15, 0.2) is 0 Å². The maximum Gasteiger partial charge on any atom is 0.382 e. The van der Waals surface area contributed by atoms with E-state index in [1.807, 2.05) is 19.9 Å². The minimum atomic E-state index is -3.05. The van der Waals surface area contributed by atoms with Crippen LogP contribution >= 0.6 is 11.3 Å².